The van der Waals surface area contributed by atoms with E-state index < -0.39 is 0 Å². The van der Waals surface area contributed by atoms with E-state index in [4.69, 9.17) is 9.47 Å². The fourth-order valence-electron chi connectivity index (χ4n) is 2.47. The van der Waals surface area contributed by atoms with Crippen LogP contribution in [-0.4, -0.2) is 42.9 Å². The van der Waals surface area contributed by atoms with Crippen LogP contribution in [0.1, 0.15) is 31.7 Å². The van der Waals surface area contributed by atoms with Gasteiger partial charge < -0.3 is 14.6 Å². The van der Waals surface area contributed by atoms with Crippen molar-refractivity contribution in [2.24, 2.45) is 0 Å². The average molecular weight is 279 g/mol. The van der Waals surface area contributed by atoms with Gasteiger partial charge in [-0.2, -0.15) is 0 Å². The molecule has 1 aliphatic rings. The van der Waals surface area contributed by atoms with E-state index in [1.54, 1.807) is 7.11 Å². The van der Waals surface area contributed by atoms with Gasteiger partial charge in [0, 0.05) is 19.6 Å². The Kier molecular flexibility index (Phi) is 5.68. The number of ether oxygens (including phenoxy) is 2. The minimum Gasteiger partial charge on any atom is -0.493 e. The molecule has 1 fully saturated rings. The van der Waals surface area contributed by atoms with Crippen molar-refractivity contribution in [3.63, 3.8) is 0 Å². The highest BCUT2D eigenvalue weighted by Crippen LogP contribution is 2.29. The lowest BCUT2D eigenvalue weighted by Crippen LogP contribution is -2.21. The van der Waals surface area contributed by atoms with Crippen LogP contribution in [0.25, 0.3) is 0 Å². The molecule has 0 unspecified atom stereocenters. The summed E-state index contributed by atoms with van der Waals surface area (Å²) in [7, 11) is 1.67. The molecule has 0 aliphatic carbocycles. The second-order valence-electron chi connectivity index (χ2n) is 5.36. The topological polar surface area (TPSA) is 41.9 Å². The molecule has 1 atom stereocenters. The minimum absolute atomic E-state index is 0.173. The van der Waals surface area contributed by atoms with Gasteiger partial charge in [0.15, 0.2) is 11.5 Å². The van der Waals surface area contributed by atoms with Gasteiger partial charge in [-0.15, -0.1) is 0 Å². The number of nitrogens with zero attached hydrogens (tertiary/aromatic N) is 1. The second-order valence-corrected chi connectivity index (χ2v) is 5.36. The smallest absolute Gasteiger partial charge is 0.161 e. The van der Waals surface area contributed by atoms with Gasteiger partial charge >= 0.3 is 0 Å². The van der Waals surface area contributed by atoms with E-state index >= 15 is 0 Å². The van der Waals surface area contributed by atoms with Crippen LogP contribution >= 0.6 is 0 Å². The Morgan fingerprint density at radius 2 is 2.20 bits per heavy atom. The highest BCUT2D eigenvalue weighted by molar-refractivity contribution is 5.43. The zero-order valence-electron chi connectivity index (χ0n) is 12.5. The number of methoxy groups -OCH3 is 1. The summed E-state index contributed by atoms with van der Waals surface area (Å²) in [5.41, 5.74) is 1.20. The molecule has 1 N–H and O–H groups in total. The molecule has 0 aromatic heterocycles. The van der Waals surface area contributed by atoms with Gasteiger partial charge in [0.05, 0.1) is 19.8 Å². The van der Waals surface area contributed by atoms with Crippen molar-refractivity contribution in [2.75, 3.05) is 26.8 Å². The summed E-state index contributed by atoms with van der Waals surface area (Å²) in [6.45, 7) is 5.44. The summed E-state index contributed by atoms with van der Waals surface area (Å²) in [6, 6.07) is 6.08. The molecule has 1 saturated heterocycles. The van der Waals surface area contributed by atoms with Crippen molar-refractivity contribution in [2.45, 2.75) is 38.8 Å². The van der Waals surface area contributed by atoms with Crippen molar-refractivity contribution >= 4 is 0 Å². The number of unbranched alkanes of at least 4 members (excludes halogenated alkanes) is 1. The molecule has 4 heteroatoms. The van der Waals surface area contributed by atoms with Crippen molar-refractivity contribution in [1.29, 1.82) is 0 Å². The third-order valence-corrected chi connectivity index (χ3v) is 3.64. The third-order valence-electron chi connectivity index (χ3n) is 3.64. The van der Waals surface area contributed by atoms with Crippen LogP contribution in [0.2, 0.25) is 0 Å². The van der Waals surface area contributed by atoms with Gasteiger partial charge in [0.2, 0.25) is 0 Å². The molecule has 1 aromatic carbocycles. The maximum Gasteiger partial charge on any atom is 0.161 e. The fraction of sp³-hybridized carbons (Fsp3) is 0.625. The van der Waals surface area contributed by atoms with Crippen LogP contribution in [0.4, 0.5) is 0 Å². The summed E-state index contributed by atoms with van der Waals surface area (Å²) >= 11 is 0. The lowest BCUT2D eigenvalue weighted by Gasteiger charge is -2.17. The first-order valence-corrected chi connectivity index (χ1v) is 7.43. The SMILES string of the molecule is CCCCOc1cc(CN2CC[C@@H](O)C2)ccc1OC. The molecule has 20 heavy (non-hydrogen) atoms. The number of hydrogen-bond acceptors (Lipinski definition) is 4. The van der Waals surface area contributed by atoms with Crippen molar-refractivity contribution in [3.05, 3.63) is 23.8 Å². The van der Waals surface area contributed by atoms with E-state index in [2.05, 4.69) is 24.0 Å². The molecular weight excluding hydrogens is 254 g/mol. The number of rotatable bonds is 7. The number of aliphatic hydroxyl groups is 1. The zero-order valence-corrected chi connectivity index (χ0v) is 12.5. The summed E-state index contributed by atoms with van der Waals surface area (Å²) in [6.07, 6.45) is 2.86. The molecule has 112 valence electrons. The number of likely N-dealkylation sites (tertiary alicyclic amines) is 1. The first kappa shape index (κ1) is 15.1. The van der Waals surface area contributed by atoms with Crippen LogP contribution in [0, 0.1) is 0 Å². The largest absolute Gasteiger partial charge is 0.493 e. The number of aliphatic hydroxyl groups excluding tert-OH is 1. The van der Waals surface area contributed by atoms with E-state index in [9.17, 15) is 5.11 Å². The normalized spacial score (nSPS) is 19.2. The number of benzene rings is 1. The van der Waals surface area contributed by atoms with Crippen LogP contribution in [0.3, 0.4) is 0 Å². The quantitative estimate of drug-likeness (QED) is 0.778. The van der Waals surface area contributed by atoms with E-state index in [-0.39, 0.29) is 6.10 Å². The van der Waals surface area contributed by atoms with Gasteiger partial charge in [0.1, 0.15) is 0 Å². The average Bonchev–Trinajstić information content (AvgIpc) is 2.85. The third kappa shape index (κ3) is 4.12. The van der Waals surface area contributed by atoms with Crippen LogP contribution in [-0.2, 0) is 6.54 Å². The summed E-state index contributed by atoms with van der Waals surface area (Å²) in [5, 5.41) is 9.57. The number of β-amino-alcohol motifs (C(OH)–C–C–N with tert-alkyl or cyclic N) is 1. The summed E-state index contributed by atoms with van der Waals surface area (Å²) in [5.74, 6) is 1.60. The maximum atomic E-state index is 9.57. The summed E-state index contributed by atoms with van der Waals surface area (Å²) < 4.78 is 11.1. The lowest BCUT2D eigenvalue weighted by molar-refractivity contribution is 0.174. The molecule has 0 radical (unpaired) electrons. The van der Waals surface area contributed by atoms with Crippen LogP contribution < -0.4 is 9.47 Å². The Hall–Kier alpha value is -1.26. The number of hydrogen-bond donors (Lipinski definition) is 1. The van der Waals surface area contributed by atoms with E-state index in [1.807, 2.05) is 6.07 Å². The van der Waals surface area contributed by atoms with E-state index in [0.717, 1.165) is 57.0 Å². The highest BCUT2D eigenvalue weighted by atomic mass is 16.5. The van der Waals surface area contributed by atoms with Crippen molar-refractivity contribution < 1.29 is 14.6 Å². The van der Waals surface area contributed by atoms with E-state index in [1.165, 1.54) is 5.56 Å². The van der Waals surface area contributed by atoms with Gasteiger partial charge in [-0.3, -0.25) is 4.90 Å². The predicted molar refractivity (Wildman–Crippen MR) is 79.3 cm³/mol. The predicted octanol–water partition coefficient (Wildman–Crippen LogP) is 2.44. The summed E-state index contributed by atoms with van der Waals surface area (Å²) in [4.78, 5) is 2.27. The second kappa shape index (κ2) is 7.50. The zero-order chi connectivity index (χ0) is 14.4. The first-order valence-electron chi connectivity index (χ1n) is 7.43. The van der Waals surface area contributed by atoms with Crippen LogP contribution in [0.15, 0.2) is 18.2 Å². The van der Waals surface area contributed by atoms with E-state index in [0.29, 0.717) is 0 Å². The molecule has 1 aliphatic heterocycles. The first-order chi connectivity index (χ1) is 9.72. The monoisotopic (exact) mass is 279 g/mol. The van der Waals surface area contributed by atoms with Crippen molar-refractivity contribution in [3.8, 4) is 11.5 Å². The Morgan fingerprint density at radius 1 is 1.35 bits per heavy atom. The van der Waals surface area contributed by atoms with Gasteiger partial charge in [-0.25, -0.2) is 0 Å². The Balaban J connectivity index is 2.00. The molecule has 2 rings (SSSR count). The Morgan fingerprint density at radius 3 is 2.85 bits per heavy atom. The van der Waals surface area contributed by atoms with Crippen LogP contribution in [0.5, 0.6) is 11.5 Å². The van der Waals surface area contributed by atoms with Crippen molar-refractivity contribution in [1.82, 2.24) is 4.90 Å². The molecule has 0 saturated carbocycles. The minimum atomic E-state index is -0.173. The highest BCUT2D eigenvalue weighted by Gasteiger charge is 2.20. The molecular formula is C16H25NO3. The van der Waals surface area contributed by atoms with Gasteiger partial charge in [-0.05, 0) is 30.5 Å². The van der Waals surface area contributed by atoms with Gasteiger partial charge in [0.25, 0.3) is 0 Å². The molecule has 4 nitrogen and oxygen atoms in total. The molecule has 0 spiro atoms. The molecule has 0 amide bonds. The Bertz CT molecular complexity index is 422. The van der Waals surface area contributed by atoms with Gasteiger partial charge in [-0.1, -0.05) is 19.4 Å². The standard InChI is InChI=1S/C16H25NO3/c1-3-4-9-20-16-10-13(5-6-15(16)19-2)11-17-8-7-14(18)12-17/h5-6,10,14,18H,3-4,7-9,11-12H2,1-2H3/t14-/m1/s1. The fourth-order valence-corrected chi connectivity index (χ4v) is 2.47. The molecule has 1 aromatic rings. The lowest BCUT2D eigenvalue weighted by atomic mass is 10.2. The molecule has 1 heterocycles. The molecule has 0 bridgehead atoms. The maximum absolute atomic E-state index is 9.57. The Labute approximate surface area is 121 Å².